The minimum Gasteiger partial charge on any atom is -0.406 e. The summed E-state index contributed by atoms with van der Waals surface area (Å²) >= 11 is 5.76. The predicted octanol–water partition coefficient (Wildman–Crippen LogP) is 5.84. The van der Waals surface area contributed by atoms with Crippen LogP contribution >= 0.6 is 11.6 Å². The molecule has 0 heterocycles. The Labute approximate surface area is 121 Å². The van der Waals surface area contributed by atoms with E-state index in [1.807, 2.05) is 0 Å². The molecule has 1 nitrogen and oxygen atoms in total. The van der Waals surface area contributed by atoms with Gasteiger partial charge in [-0.3, -0.25) is 0 Å². The third kappa shape index (κ3) is 4.32. The van der Waals surface area contributed by atoms with Crippen LogP contribution in [0.2, 0.25) is 5.02 Å². The fourth-order valence-corrected chi connectivity index (χ4v) is 2.00. The minimum atomic E-state index is -4.78. The smallest absolute Gasteiger partial charge is 0.406 e. The van der Waals surface area contributed by atoms with Gasteiger partial charge in [0.15, 0.2) is 0 Å². The van der Waals surface area contributed by atoms with Gasteiger partial charge in [-0.25, -0.2) is 8.78 Å². The van der Waals surface area contributed by atoms with Crippen molar-refractivity contribution in [2.24, 2.45) is 0 Å². The molecule has 2 rings (SSSR count). The molecule has 0 saturated carbocycles. The molecule has 0 amide bonds. The van der Waals surface area contributed by atoms with Gasteiger partial charge in [0, 0.05) is 10.6 Å². The normalized spacial score (nSPS) is 11.8. The predicted molar refractivity (Wildman–Crippen MR) is 68.5 cm³/mol. The lowest BCUT2D eigenvalue weighted by molar-refractivity contribution is -0.274. The highest BCUT2D eigenvalue weighted by Crippen LogP contribution is 2.31. The van der Waals surface area contributed by atoms with Gasteiger partial charge in [0.2, 0.25) is 0 Å². The van der Waals surface area contributed by atoms with Crippen molar-refractivity contribution in [3.05, 3.63) is 53.1 Å². The Morgan fingerprint density at radius 2 is 1.52 bits per heavy atom. The molecular formula is C14H8ClF5O. The standard InChI is InChI=1S/C14H8ClF5O/c15-11-6-9(5-10(7-11)13(16)17)8-1-3-12(4-2-8)21-14(18,19)20/h1-7,13H. The number of ether oxygens (including phenoxy) is 1. The maximum atomic E-state index is 12.7. The van der Waals surface area contributed by atoms with Gasteiger partial charge in [-0.15, -0.1) is 13.2 Å². The van der Waals surface area contributed by atoms with Gasteiger partial charge in [0.25, 0.3) is 6.43 Å². The second-order valence-corrected chi connectivity index (χ2v) is 4.58. The van der Waals surface area contributed by atoms with Crippen LogP contribution < -0.4 is 4.74 Å². The molecule has 112 valence electrons. The summed E-state index contributed by atoms with van der Waals surface area (Å²) in [4.78, 5) is 0. The molecule has 0 unspecified atom stereocenters. The minimum absolute atomic E-state index is 0.124. The van der Waals surface area contributed by atoms with Gasteiger partial charge in [0.1, 0.15) is 5.75 Å². The fourth-order valence-electron chi connectivity index (χ4n) is 1.75. The first-order valence-electron chi connectivity index (χ1n) is 5.69. The van der Waals surface area contributed by atoms with Crippen molar-refractivity contribution in [1.29, 1.82) is 0 Å². The summed E-state index contributed by atoms with van der Waals surface area (Å²) in [7, 11) is 0. The molecule has 0 bridgehead atoms. The molecule has 7 heteroatoms. The molecule has 0 atom stereocenters. The first kappa shape index (κ1) is 15.6. The van der Waals surface area contributed by atoms with Gasteiger partial charge in [0.05, 0.1) is 0 Å². The highest BCUT2D eigenvalue weighted by Gasteiger charge is 2.30. The lowest BCUT2D eigenvalue weighted by atomic mass is 10.0. The van der Waals surface area contributed by atoms with Crippen LogP contribution in [0, 0.1) is 0 Å². The van der Waals surface area contributed by atoms with E-state index in [2.05, 4.69) is 4.74 Å². The monoisotopic (exact) mass is 322 g/mol. The Balaban J connectivity index is 2.30. The third-order valence-corrected chi connectivity index (χ3v) is 2.81. The Morgan fingerprint density at radius 1 is 0.905 bits per heavy atom. The number of alkyl halides is 5. The number of halogens is 6. The summed E-state index contributed by atoms with van der Waals surface area (Å²) in [6, 6.07) is 8.70. The lowest BCUT2D eigenvalue weighted by Gasteiger charge is -2.10. The number of benzene rings is 2. The molecule has 0 saturated heterocycles. The van der Waals surface area contributed by atoms with Crippen LogP contribution in [0.1, 0.15) is 12.0 Å². The first-order chi connectivity index (χ1) is 9.74. The van der Waals surface area contributed by atoms with Crippen molar-refractivity contribution in [2.45, 2.75) is 12.8 Å². The van der Waals surface area contributed by atoms with E-state index in [4.69, 9.17) is 11.6 Å². The quantitative estimate of drug-likeness (QED) is 0.645. The molecule has 0 aliphatic heterocycles. The highest BCUT2D eigenvalue weighted by molar-refractivity contribution is 6.31. The van der Waals surface area contributed by atoms with E-state index in [0.29, 0.717) is 11.1 Å². The van der Waals surface area contributed by atoms with Gasteiger partial charge in [-0.05, 0) is 41.5 Å². The van der Waals surface area contributed by atoms with Crippen molar-refractivity contribution < 1.29 is 26.7 Å². The van der Waals surface area contributed by atoms with E-state index in [1.54, 1.807) is 0 Å². The van der Waals surface area contributed by atoms with Crippen LogP contribution in [0.4, 0.5) is 22.0 Å². The van der Waals surface area contributed by atoms with Crippen molar-refractivity contribution in [3.63, 3.8) is 0 Å². The molecule has 0 fully saturated rings. The molecule has 2 aromatic rings. The van der Waals surface area contributed by atoms with Crippen molar-refractivity contribution >= 4 is 11.6 Å². The van der Waals surface area contributed by atoms with Crippen molar-refractivity contribution in [1.82, 2.24) is 0 Å². The van der Waals surface area contributed by atoms with E-state index in [9.17, 15) is 22.0 Å². The number of hydrogen-bond acceptors (Lipinski definition) is 1. The van der Waals surface area contributed by atoms with E-state index in [1.165, 1.54) is 24.3 Å². The molecule has 0 N–H and O–H groups in total. The Morgan fingerprint density at radius 3 is 2.05 bits per heavy atom. The molecule has 2 aromatic carbocycles. The molecule has 0 spiro atoms. The lowest BCUT2D eigenvalue weighted by Crippen LogP contribution is -2.16. The largest absolute Gasteiger partial charge is 0.573 e. The SMILES string of the molecule is FC(F)c1cc(Cl)cc(-c2ccc(OC(F)(F)F)cc2)c1. The van der Waals surface area contributed by atoms with Crippen LogP contribution in [-0.4, -0.2) is 6.36 Å². The first-order valence-corrected chi connectivity index (χ1v) is 6.07. The fraction of sp³-hybridized carbons (Fsp3) is 0.143. The zero-order chi connectivity index (χ0) is 15.6. The Hall–Kier alpha value is -1.82. The average molecular weight is 323 g/mol. The summed E-state index contributed by atoms with van der Waals surface area (Å²) < 4.78 is 65.2. The topological polar surface area (TPSA) is 9.23 Å². The van der Waals surface area contributed by atoms with E-state index < -0.39 is 12.8 Å². The van der Waals surface area contributed by atoms with Crippen molar-refractivity contribution in [3.8, 4) is 16.9 Å². The van der Waals surface area contributed by atoms with Gasteiger partial charge in [-0.2, -0.15) is 0 Å². The Kier molecular flexibility index (Phi) is 4.37. The average Bonchev–Trinajstić information content (AvgIpc) is 2.37. The summed E-state index contributed by atoms with van der Waals surface area (Å²) in [5.41, 5.74) is 0.582. The van der Waals surface area contributed by atoms with Gasteiger partial charge >= 0.3 is 6.36 Å². The summed E-state index contributed by atoms with van der Waals surface area (Å²) in [5.74, 6) is -0.387. The second kappa shape index (κ2) is 5.89. The summed E-state index contributed by atoms with van der Waals surface area (Å²) in [6.07, 6.45) is -7.46. The molecule has 21 heavy (non-hydrogen) atoms. The number of rotatable bonds is 3. The number of hydrogen-bond donors (Lipinski definition) is 0. The molecular weight excluding hydrogens is 315 g/mol. The van der Waals surface area contributed by atoms with E-state index in [-0.39, 0.29) is 16.3 Å². The van der Waals surface area contributed by atoms with E-state index in [0.717, 1.165) is 18.2 Å². The summed E-state index contributed by atoms with van der Waals surface area (Å²) in [5, 5.41) is 0.124. The Bertz CT molecular complexity index is 622. The zero-order valence-corrected chi connectivity index (χ0v) is 11.1. The van der Waals surface area contributed by atoms with Crippen LogP contribution in [0.25, 0.3) is 11.1 Å². The maximum Gasteiger partial charge on any atom is 0.573 e. The van der Waals surface area contributed by atoms with E-state index >= 15 is 0 Å². The molecule has 0 radical (unpaired) electrons. The molecule has 0 aromatic heterocycles. The van der Waals surface area contributed by atoms with Crippen molar-refractivity contribution in [2.75, 3.05) is 0 Å². The molecule has 0 aliphatic carbocycles. The second-order valence-electron chi connectivity index (χ2n) is 4.15. The van der Waals surface area contributed by atoms with Crippen LogP contribution in [0.15, 0.2) is 42.5 Å². The van der Waals surface area contributed by atoms with Crippen LogP contribution in [-0.2, 0) is 0 Å². The zero-order valence-electron chi connectivity index (χ0n) is 10.3. The van der Waals surface area contributed by atoms with Crippen LogP contribution in [0.5, 0.6) is 5.75 Å². The van der Waals surface area contributed by atoms with Crippen LogP contribution in [0.3, 0.4) is 0 Å². The maximum absolute atomic E-state index is 12.7. The van der Waals surface area contributed by atoms with Gasteiger partial charge < -0.3 is 4.74 Å². The summed E-state index contributed by atoms with van der Waals surface area (Å²) in [6.45, 7) is 0. The highest BCUT2D eigenvalue weighted by atomic mass is 35.5. The molecule has 0 aliphatic rings. The van der Waals surface area contributed by atoms with Gasteiger partial charge in [-0.1, -0.05) is 23.7 Å². The third-order valence-electron chi connectivity index (χ3n) is 2.59.